The molecule has 0 N–H and O–H groups in total. The first-order valence-corrected chi connectivity index (χ1v) is 7.73. The highest BCUT2D eigenvalue weighted by molar-refractivity contribution is 9.11. The average molecular weight is 371 g/mol. The van der Waals surface area contributed by atoms with Crippen LogP contribution in [0.15, 0.2) is 22.0 Å². The summed E-state index contributed by atoms with van der Waals surface area (Å²) in [6, 6.07) is 5.15. The number of carbonyl (C=O) groups is 1. The summed E-state index contributed by atoms with van der Waals surface area (Å²) >= 11 is 4.83. The zero-order valence-electron chi connectivity index (χ0n) is 12.2. The van der Waals surface area contributed by atoms with Crippen LogP contribution in [0, 0.1) is 6.92 Å². The van der Waals surface area contributed by atoms with E-state index in [-0.39, 0.29) is 5.78 Å². The van der Waals surface area contributed by atoms with Crippen LogP contribution in [0.5, 0.6) is 17.2 Å². The van der Waals surface area contributed by atoms with Crippen molar-refractivity contribution in [2.24, 2.45) is 0 Å². The van der Waals surface area contributed by atoms with E-state index < -0.39 is 0 Å². The van der Waals surface area contributed by atoms with Crippen LogP contribution in [0.1, 0.15) is 20.8 Å². The molecule has 0 fully saturated rings. The molecule has 0 saturated heterocycles. The lowest BCUT2D eigenvalue weighted by Crippen LogP contribution is -2.04. The molecule has 0 radical (unpaired) electrons. The second-order valence-electron chi connectivity index (χ2n) is 4.30. The molecule has 0 unspecified atom stereocenters. The van der Waals surface area contributed by atoms with E-state index in [1.165, 1.54) is 25.6 Å². The fourth-order valence-electron chi connectivity index (χ4n) is 1.91. The average Bonchev–Trinajstić information content (AvgIpc) is 2.84. The van der Waals surface area contributed by atoms with E-state index in [9.17, 15) is 4.79 Å². The third kappa shape index (κ3) is 3.06. The van der Waals surface area contributed by atoms with Crippen molar-refractivity contribution in [3.8, 4) is 17.2 Å². The first-order valence-electron chi connectivity index (χ1n) is 6.12. The standard InChI is InChI=1S/C15H15BrO4S/c1-8-5-13(21-15(8)16)14(17)9-6-11(19-3)12(20-4)7-10(9)18-2/h5-7H,1-4H3. The Morgan fingerprint density at radius 2 is 1.57 bits per heavy atom. The third-order valence-electron chi connectivity index (χ3n) is 3.03. The number of aryl methyl sites for hydroxylation is 1. The van der Waals surface area contributed by atoms with E-state index in [0.717, 1.165) is 9.35 Å². The van der Waals surface area contributed by atoms with Gasteiger partial charge in [0.2, 0.25) is 5.78 Å². The van der Waals surface area contributed by atoms with Gasteiger partial charge in [0.25, 0.3) is 0 Å². The Morgan fingerprint density at radius 1 is 1.00 bits per heavy atom. The van der Waals surface area contributed by atoms with E-state index in [2.05, 4.69) is 15.9 Å². The number of methoxy groups -OCH3 is 3. The molecule has 0 saturated carbocycles. The molecule has 0 aliphatic rings. The Bertz CT molecular complexity index is 659. The summed E-state index contributed by atoms with van der Waals surface area (Å²) in [5.41, 5.74) is 1.48. The van der Waals surface area contributed by atoms with Gasteiger partial charge in [0.05, 0.1) is 35.6 Å². The molecule has 0 atom stereocenters. The zero-order valence-corrected chi connectivity index (χ0v) is 14.6. The highest BCUT2D eigenvalue weighted by Gasteiger charge is 2.21. The minimum Gasteiger partial charge on any atom is -0.496 e. The number of ether oxygens (including phenoxy) is 3. The van der Waals surface area contributed by atoms with Crippen molar-refractivity contribution in [3.05, 3.63) is 38.0 Å². The Labute approximate surface area is 135 Å². The summed E-state index contributed by atoms with van der Waals surface area (Å²) in [4.78, 5) is 13.3. The van der Waals surface area contributed by atoms with Gasteiger partial charge in [0.15, 0.2) is 11.5 Å². The molecule has 0 spiro atoms. The van der Waals surface area contributed by atoms with E-state index in [1.54, 1.807) is 19.2 Å². The molecule has 112 valence electrons. The minimum atomic E-state index is -0.105. The van der Waals surface area contributed by atoms with Gasteiger partial charge in [-0.2, -0.15) is 0 Å². The van der Waals surface area contributed by atoms with Crippen LogP contribution in [0.25, 0.3) is 0 Å². The third-order valence-corrected chi connectivity index (χ3v) is 5.17. The summed E-state index contributed by atoms with van der Waals surface area (Å²) in [5.74, 6) is 1.37. The van der Waals surface area contributed by atoms with Gasteiger partial charge in [-0.15, -0.1) is 11.3 Å². The number of carbonyl (C=O) groups excluding carboxylic acids is 1. The van der Waals surface area contributed by atoms with Crippen LogP contribution in [0.4, 0.5) is 0 Å². The molecule has 0 amide bonds. The Hall–Kier alpha value is -1.53. The Kier molecular flexibility index (Phi) is 4.90. The van der Waals surface area contributed by atoms with Crippen molar-refractivity contribution in [1.29, 1.82) is 0 Å². The summed E-state index contributed by atoms with van der Waals surface area (Å²) in [7, 11) is 4.59. The van der Waals surface area contributed by atoms with E-state index >= 15 is 0 Å². The highest BCUT2D eigenvalue weighted by Crippen LogP contribution is 2.37. The summed E-state index contributed by atoms with van der Waals surface area (Å²) < 4.78 is 16.7. The van der Waals surface area contributed by atoms with Gasteiger partial charge in [-0.1, -0.05) is 0 Å². The zero-order chi connectivity index (χ0) is 15.6. The van der Waals surface area contributed by atoms with Crippen molar-refractivity contribution in [2.75, 3.05) is 21.3 Å². The fourth-order valence-corrected chi connectivity index (χ4v) is 3.40. The first kappa shape index (κ1) is 15.9. The topological polar surface area (TPSA) is 44.8 Å². The molecule has 0 aliphatic heterocycles. The van der Waals surface area contributed by atoms with Crippen LogP contribution in [-0.2, 0) is 0 Å². The van der Waals surface area contributed by atoms with Crippen LogP contribution >= 0.6 is 27.3 Å². The summed E-state index contributed by atoms with van der Waals surface area (Å²) in [6.45, 7) is 1.95. The number of hydrogen-bond acceptors (Lipinski definition) is 5. The molecule has 0 aliphatic carbocycles. The number of rotatable bonds is 5. The smallest absolute Gasteiger partial charge is 0.206 e. The molecule has 1 aromatic carbocycles. The van der Waals surface area contributed by atoms with Gasteiger partial charge in [0.1, 0.15) is 5.75 Å². The number of hydrogen-bond donors (Lipinski definition) is 0. The maximum atomic E-state index is 12.7. The van der Waals surface area contributed by atoms with E-state index in [4.69, 9.17) is 14.2 Å². The van der Waals surface area contributed by atoms with Gasteiger partial charge >= 0.3 is 0 Å². The number of thiophene rings is 1. The van der Waals surface area contributed by atoms with Crippen LogP contribution < -0.4 is 14.2 Å². The predicted molar refractivity (Wildman–Crippen MR) is 86.3 cm³/mol. The summed E-state index contributed by atoms with van der Waals surface area (Å²) in [6.07, 6.45) is 0. The van der Waals surface area contributed by atoms with E-state index in [0.29, 0.717) is 27.7 Å². The quantitative estimate of drug-likeness (QED) is 0.743. The monoisotopic (exact) mass is 370 g/mol. The normalized spacial score (nSPS) is 10.3. The van der Waals surface area contributed by atoms with E-state index in [1.807, 2.05) is 13.0 Å². The van der Waals surface area contributed by atoms with Crippen molar-refractivity contribution in [1.82, 2.24) is 0 Å². The lowest BCUT2D eigenvalue weighted by molar-refractivity contribution is 0.103. The minimum absolute atomic E-state index is 0.105. The second-order valence-corrected chi connectivity index (χ2v) is 6.67. The molecule has 1 heterocycles. The second kappa shape index (κ2) is 6.49. The predicted octanol–water partition coefficient (Wildman–Crippen LogP) is 4.08. The van der Waals surface area contributed by atoms with Gasteiger partial charge in [-0.3, -0.25) is 4.79 Å². The number of benzene rings is 1. The molecule has 0 bridgehead atoms. The lowest BCUT2D eigenvalue weighted by Gasteiger charge is -2.13. The molecule has 4 nitrogen and oxygen atoms in total. The van der Waals surface area contributed by atoms with Crippen molar-refractivity contribution < 1.29 is 19.0 Å². The molecule has 1 aromatic heterocycles. The number of halogens is 1. The largest absolute Gasteiger partial charge is 0.496 e. The van der Waals surface area contributed by atoms with Crippen molar-refractivity contribution in [2.45, 2.75) is 6.92 Å². The number of ketones is 1. The lowest BCUT2D eigenvalue weighted by atomic mass is 10.1. The molecular formula is C15H15BrO4S. The highest BCUT2D eigenvalue weighted by atomic mass is 79.9. The molecule has 2 aromatic rings. The van der Waals surface area contributed by atoms with Crippen molar-refractivity contribution >= 4 is 33.0 Å². The van der Waals surface area contributed by atoms with Gasteiger partial charge in [-0.25, -0.2) is 0 Å². The summed E-state index contributed by atoms with van der Waals surface area (Å²) in [5, 5.41) is 0. The molecule has 2 rings (SSSR count). The van der Waals surface area contributed by atoms with Crippen LogP contribution in [-0.4, -0.2) is 27.1 Å². The van der Waals surface area contributed by atoms with Gasteiger partial charge in [0, 0.05) is 6.07 Å². The van der Waals surface area contributed by atoms with Gasteiger partial charge < -0.3 is 14.2 Å². The first-order chi connectivity index (χ1) is 10.0. The Balaban J connectivity index is 2.53. The maximum Gasteiger partial charge on any atom is 0.206 e. The van der Waals surface area contributed by atoms with Crippen molar-refractivity contribution in [3.63, 3.8) is 0 Å². The molecule has 6 heteroatoms. The SMILES string of the molecule is COc1cc(OC)c(C(=O)c2cc(C)c(Br)s2)cc1OC. The van der Waals surface area contributed by atoms with Gasteiger partial charge in [-0.05, 0) is 40.5 Å². The van der Waals surface area contributed by atoms with Crippen LogP contribution in [0.3, 0.4) is 0 Å². The Morgan fingerprint density at radius 3 is 2.05 bits per heavy atom. The molecule has 21 heavy (non-hydrogen) atoms. The fraction of sp³-hybridized carbons (Fsp3) is 0.267. The molecular weight excluding hydrogens is 356 g/mol. The maximum absolute atomic E-state index is 12.7. The van der Waals surface area contributed by atoms with Crippen LogP contribution in [0.2, 0.25) is 0 Å².